The first kappa shape index (κ1) is 12.2. The predicted molar refractivity (Wildman–Crippen MR) is 75.3 cm³/mol. The molecule has 0 bridgehead atoms. The summed E-state index contributed by atoms with van der Waals surface area (Å²) in [6, 6.07) is 14.1. The maximum absolute atomic E-state index is 10.3. The van der Waals surface area contributed by atoms with Gasteiger partial charge in [-0.1, -0.05) is 42.0 Å². The van der Waals surface area contributed by atoms with Gasteiger partial charge in [0.05, 0.1) is 6.10 Å². The number of rotatable bonds is 1. The zero-order valence-electron chi connectivity index (χ0n) is 11.3. The molecular formula is C17H18O2. The van der Waals surface area contributed by atoms with E-state index in [0.29, 0.717) is 6.42 Å². The first-order valence-electron chi connectivity index (χ1n) is 6.66. The normalized spacial score (nSPS) is 21.6. The van der Waals surface area contributed by atoms with Crippen molar-refractivity contribution in [3.63, 3.8) is 0 Å². The highest BCUT2D eigenvalue weighted by Crippen LogP contribution is 2.41. The van der Waals surface area contributed by atoms with Gasteiger partial charge < -0.3 is 9.84 Å². The van der Waals surface area contributed by atoms with Crippen molar-refractivity contribution < 1.29 is 9.84 Å². The van der Waals surface area contributed by atoms with E-state index in [-0.39, 0.29) is 6.10 Å². The van der Waals surface area contributed by atoms with Crippen LogP contribution in [-0.2, 0) is 0 Å². The Kier molecular flexibility index (Phi) is 3.03. The zero-order chi connectivity index (χ0) is 13.4. The summed E-state index contributed by atoms with van der Waals surface area (Å²) >= 11 is 0. The molecule has 19 heavy (non-hydrogen) atoms. The van der Waals surface area contributed by atoms with Crippen molar-refractivity contribution in [3.05, 3.63) is 64.7 Å². The van der Waals surface area contributed by atoms with Crippen LogP contribution in [0.4, 0.5) is 0 Å². The van der Waals surface area contributed by atoms with Gasteiger partial charge in [-0.3, -0.25) is 0 Å². The molecule has 2 nitrogen and oxygen atoms in total. The van der Waals surface area contributed by atoms with Crippen LogP contribution >= 0.6 is 0 Å². The van der Waals surface area contributed by atoms with Gasteiger partial charge >= 0.3 is 0 Å². The van der Waals surface area contributed by atoms with Crippen molar-refractivity contribution >= 4 is 0 Å². The van der Waals surface area contributed by atoms with Crippen molar-refractivity contribution in [1.29, 1.82) is 0 Å². The molecule has 0 radical (unpaired) electrons. The Morgan fingerprint density at radius 3 is 2.63 bits per heavy atom. The standard InChI is InChI=1S/C17H18O2/c1-11-7-8-13(12(2)9-11)17-10-15(18)14-5-3-4-6-16(14)19-17/h3-9,15,17-18H,10H2,1-2H3. The summed E-state index contributed by atoms with van der Waals surface area (Å²) in [7, 11) is 0. The molecule has 1 aliphatic heterocycles. The molecule has 1 aliphatic rings. The van der Waals surface area contributed by atoms with E-state index in [2.05, 4.69) is 32.0 Å². The number of ether oxygens (including phenoxy) is 1. The molecule has 2 aromatic rings. The predicted octanol–water partition coefficient (Wildman–Crippen LogP) is 3.86. The minimum Gasteiger partial charge on any atom is -0.485 e. The first-order chi connectivity index (χ1) is 9.15. The van der Waals surface area contributed by atoms with Crippen LogP contribution in [0.15, 0.2) is 42.5 Å². The van der Waals surface area contributed by atoms with Crippen molar-refractivity contribution in [2.45, 2.75) is 32.5 Å². The molecule has 0 amide bonds. The van der Waals surface area contributed by atoms with E-state index in [1.807, 2.05) is 24.3 Å². The molecule has 0 saturated carbocycles. The summed E-state index contributed by atoms with van der Waals surface area (Å²) in [5.74, 6) is 0.797. The van der Waals surface area contributed by atoms with Gasteiger partial charge in [0.1, 0.15) is 11.9 Å². The van der Waals surface area contributed by atoms with E-state index in [0.717, 1.165) is 11.3 Å². The van der Waals surface area contributed by atoms with Gasteiger partial charge in [0.15, 0.2) is 0 Å². The molecule has 2 atom stereocenters. The molecule has 1 N–H and O–H groups in total. The largest absolute Gasteiger partial charge is 0.485 e. The summed E-state index contributed by atoms with van der Waals surface area (Å²) in [5, 5.41) is 10.3. The van der Waals surface area contributed by atoms with Gasteiger partial charge in [-0.15, -0.1) is 0 Å². The number of aliphatic hydroxyl groups is 1. The highest BCUT2D eigenvalue weighted by Gasteiger charge is 2.28. The molecule has 2 aromatic carbocycles. The minimum absolute atomic E-state index is 0.0644. The molecule has 0 fully saturated rings. The quantitative estimate of drug-likeness (QED) is 0.837. The Morgan fingerprint density at radius 2 is 1.84 bits per heavy atom. The topological polar surface area (TPSA) is 29.5 Å². The number of hydrogen-bond acceptors (Lipinski definition) is 2. The highest BCUT2D eigenvalue weighted by atomic mass is 16.5. The second-order valence-corrected chi connectivity index (χ2v) is 5.26. The Bertz CT molecular complexity index is 604. The molecule has 0 aliphatic carbocycles. The third kappa shape index (κ3) is 2.24. The molecule has 0 saturated heterocycles. The summed E-state index contributed by atoms with van der Waals surface area (Å²) in [5.41, 5.74) is 4.53. The van der Waals surface area contributed by atoms with Crippen molar-refractivity contribution in [2.75, 3.05) is 0 Å². The minimum atomic E-state index is -0.448. The van der Waals surface area contributed by atoms with E-state index in [1.54, 1.807) is 0 Å². The van der Waals surface area contributed by atoms with Crippen molar-refractivity contribution in [2.24, 2.45) is 0 Å². The van der Waals surface area contributed by atoms with Crippen molar-refractivity contribution in [1.82, 2.24) is 0 Å². The Morgan fingerprint density at radius 1 is 1.05 bits per heavy atom. The van der Waals surface area contributed by atoms with Crippen molar-refractivity contribution in [3.8, 4) is 5.75 Å². The van der Waals surface area contributed by atoms with Crippen LogP contribution < -0.4 is 4.74 Å². The SMILES string of the molecule is Cc1ccc(C2CC(O)c3ccccc3O2)c(C)c1. The lowest BCUT2D eigenvalue weighted by Crippen LogP contribution is -2.19. The monoisotopic (exact) mass is 254 g/mol. The molecule has 0 aromatic heterocycles. The molecule has 2 heteroatoms. The second-order valence-electron chi connectivity index (χ2n) is 5.26. The Labute approximate surface area is 113 Å². The fourth-order valence-electron chi connectivity index (χ4n) is 2.77. The third-order valence-corrected chi connectivity index (χ3v) is 3.76. The number of fused-ring (bicyclic) bond motifs is 1. The van der Waals surface area contributed by atoms with Gasteiger partial charge in [-0.05, 0) is 31.0 Å². The zero-order valence-corrected chi connectivity index (χ0v) is 11.3. The smallest absolute Gasteiger partial charge is 0.127 e. The van der Waals surface area contributed by atoms with E-state index < -0.39 is 6.10 Å². The van der Waals surface area contributed by atoms with Crippen LogP contribution in [-0.4, -0.2) is 5.11 Å². The van der Waals surface area contributed by atoms with Gasteiger partial charge in [-0.2, -0.15) is 0 Å². The average molecular weight is 254 g/mol. The van der Waals surface area contributed by atoms with E-state index in [4.69, 9.17) is 4.74 Å². The third-order valence-electron chi connectivity index (χ3n) is 3.76. The van der Waals surface area contributed by atoms with Crippen LogP contribution in [0, 0.1) is 13.8 Å². The summed E-state index contributed by atoms with van der Waals surface area (Å²) in [6.07, 6.45) is 0.0992. The maximum Gasteiger partial charge on any atom is 0.127 e. The number of aryl methyl sites for hydroxylation is 2. The number of para-hydroxylation sites is 1. The first-order valence-corrected chi connectivity index (χ1v) is 6.66. The fourth-order valence-corrected chi connectivity index (χ4v) is 2.77. The average Bonchev–Trinajstić information content (AvgIpc) is 2.38. The summed E-state index contributed by atoms with van der Waals surface area (Å²) in [4.78, 5) is 0. The molecule has 0 spiro atoms. The van der Waals surface area contributed by atoms with Gasteiger partial charge in [-0.25, -0.2) is 0 Å². The van der Waals surface area contributed by atoms with E-state index >= 15 is 0 Å². The summed E-state index contributed by atoms with van der Waals surface area (Å²) in [6.45, 7) is 4.18. The molecule has 3 rings (SSSR count). The molecule has 98 valence electrons. The van der Waals surface area contributed by atoms with Crippen LogP contribution in [0.5, 0.6) is 5.75 Å². The number of benzene rings is 2. The lowest BCUT2D eigenvalue weighted by Gasteiger charge is -2.30. The highest BCUT2D eigenvalue weighted by molar-refractivity contribution is 5.40. The van der Waals surface area contributed by atoms with Crippen LogP contribution in [0.25, 0.3) is 0 Å². The van der Waals surface area contributed by atoms with Gasteiger partial charge in [0.2, 0.25) is 0 Å². The fraction of sp³-hybridized carbons (Fsp3) is 0.294. The Balaban J connectivity index is 1.97. The Hall–Kier alpha value is -1.80. The lowest BCUT2D eigenvalue weighted by atomic mass is 9.92. The molecule has 1 heterocycles. The number of hydrogen-bond donors (Lipinski definition) is 1. The lowest BCUT2D eigenvalue weighted by molar-refractivity contribution is 0.0655. The van der Waals surface area contributed by atoms with Crippen LogP contribution in [0.1, 0.15) is 40.9 Å². The molecular weight excluding hydrogens is 236 g/mol. The maximum atomic E-state index is 10.3. The van der Waals surface area contributed by atoms with Crippen LogP contribution in [0.3, 0.4) is 0 Å². The number of aliphatic hydroxyl groups excluding tert-OH is 1. The van der Waals surface area contributed by atoms with E-state index in [9.17, 15) is 5.11 Å². The molecule has 2 unspecified atom stereocenters. The van der Waals surface area contributed by atoms with E-state index in [1.165, 1.54) is 16.7 Å². The second kappa shape index (κ2) is 4.71. The summed E-state index contributed by atoms with van der Waals surface area (Å²) < 4.78 is 6.05. The van der Waals surface area contributed by atoms with Gasteiger partial charge in [0, 0.05) is 12.0 Å². The van der Waals surface area contributed by atoms with Gasteiger partial charge in [0.25, 0.3) is 0 Å². The van der Waals surface area contributed by atoms with Crippen LogP contribution in [0.2, 0.25) is 0 Å².